The third kappa shape index (κ3) is 4.33. The second kappa shape index (κ2) is 9.24. The third-order valence-electron chi connectivity index (χ3n) is 6.18. The number of rotatable bonds is 4. The number of pyridine rings is 1. The van der Waals surface area contributed by atoms with Gasteiger partial charge in [0.25, 0.3) is 5.56 Å². The highest BCUT2D eigenvalue weighted by Gasteiger charge is 2.26. The number of methoxy groups -OCH3 is 1. The molecule has 0 amide bonds. The van der Waals surface area contributed by atoms with Gasteiger partial charge in [0.1, 0.15) is 23.4 Å². The van der Waals surface area contributed by atoms with Crippen LogP contribution in [0.15, 0.2) is 47.5 Å². The Bertz CT molecular complexity index is 1490. The van der Waals surface area contributed by atoms with E-state index in [1.165, 1.54) is 10.5 Å². The van der Waals surface area contributed by atoms with Crippen molar-refractivity contribution in [1.29, 1.82) is 0 Å². The third-order valence-corrected chi connectivity index (χ3v) is 6.42. The monoisotopic (exact) mass is 495 g/mol. The van der Waals surface area contributed by atoms with Crippen molar-refractivity contribution < 1.29 is 13.9 Å². The summed E-state index contributed by atoms with van der Waals surface area (Å²) in [5, 5.41) is 0.271. The standard InChI is InChI=1S/C25H23ClFN5O3/c1-14-15(2)29-24-23(18-5-4-17(26)11-19(18)27)30-21(13-32(24)25(14)33)31-8-9-35-20(12-31)16-6-7-28-22(10-16)34-3/h4-7,10-11,13,20H,8-9,12H2,1-3H3/t20-/m1/s1. The molecule has 4 heterocycles. The molecule has 0 unspecified atom stereocenters. The van der Waals surface area contributed by atoms with Crippen LogP contribution in [-0.4, -0.2) is 46.2 Å². The SMILES string of the molecule is COc1cc([C@H]2CN(c3cn4c(=O)c(C)c(C)nc4c(-c4ccc(Cl)cc4F)n3)CCO2)ccn1. The van der Waals surface area contributed by atoms with E-state index in [1.807, 2.05) is 17.0 Å². The normalized spacial score (nSPS) is 16.0. The number of nitrogens with zero attached hydrogens (tertiary/aromatic N) is 5. The first-order chi connectivity index (χ1) is 16.9. The molecule has 4 aromatic rings. The van der Waals surface area contributed by atoms with Crippen molar-refractivity contribution in [2.45, 2.75) is 20.0 Å². The molecule has 1 aliphatic rings. The lowest BCUT2D eigenvalue weighted by Crippen LogP contribution is -2.39. The van der Waals surface area contributed by atoms with Crippen LogP contribution in [0.4, 0.5) is 10.2 Å². The Kier molecular flexibility index (Phi) is 6.12. The summed E-state index contributed by atoms with van der Waals surface area (Å²) in [5.41, 5.74) is 2.54. The van der Waals surface area contributed by atoms with E-state index >= 15 is 0 Å². The highest BCUT2D eigenvalue weighted by molar-refractivity contribution is 6.30. The second-order valence-corrected chi connectivity index (χ2v) is 8.77. The van der Waals surface area contributed by atoms with Crippen LogP contribution in [0.5, 0.6) is 5.88 Å². The average molecular weight is 496 g/mol. The molecule has 0 N–H and O–H groups in total. The van der Waals surface area contributed by atoms with Gasteiger partial charge in [-0.15, -0.1) is 0 Å². The van der Waals surface area contributed by atoms with E-state index in [9.17, 15) is 9.18 Å². The molecule has 1 saturated heterocycles. The zero-order valence-corrected chi connectivity index (χ0v) is 20.2. The van der Waals surface area contributed by atoms with Crippen LogP contribution in [0.25, 0.3) is 16.9 Å². The minimum absolute atomic E-state index is 0.215. The molecule has 8 nitrogen and oxygen atoms in total. The van der Waals surface area contributed by atoms with Gasteiger partial charge in [-0.05, 0) is 43.7 Å². The summed E-state index contributed by atoms with van der Waals surface area (Å²) in [4.78, 5) is 28.7. The van der Waals surface area contributed by atoms with Gasteiger partial charge in [0, 0.05) is 47.2 Å². The minimum atomic E-state index is -0.541. The molecule has 0 bridgehead atoms. The zero-order chi connectivity index (χ0) is 24.7. The van der Waals surface area contributed by atoms with Gasteiger partial charge < -0.3 is 14.4 Å². The summed E-state index contributed by atoms with van der Waals surface area (Å²) in [6.45, 7) is 4.94. The van der Waals surface area contributed by atoms with E-state index in [0.29, 0.717) is 42.7 Å². The maximum atomic E-state index is 15.0. The minimum Gasteiger partial charge on any atom is -0.481 e. The fourth-order valence-corrected chi connectivity index (χ4v) is 4.29. The highest BCUT2D eigenvalue weighted by Crippen LogP contribution is 2.31. The first-order valence-electron chi connectivity index (χ1n) is 11.1. The fraction of sp³-hybridized carbons (Fsp3) is 0.280. The van der Waals surface area contributed by atoms with Gasteiger partial charge in [-0.2, -0.15) is 0 Å². The molecule has 0 saturated carbocycles. The lowest BCUT2D eigenvalue weighted by molar-refractivity contribution is 0.0393. The van der Waals surface area contributed by atoms with E-state index in [1.54, 1.807) is 45.5 Å². The van der Waals surface area contributed by atoms with Crippen LogP contribution in [-0.2, 0) is 4.74 Å². The number of halogens is 2. The predicted molar refractivity (Wildman–Crippen MR) is 131 cm³/mol. The fourth-order valence-electron chi connectivity index (χ4n) is 4.13. The van der Waals surface area contributed by atoms with Crippen LogP contribution in [0.2, 0.25) is 5.02 Å². The molecule has 10 heteroatoms. The lowest BCUT2D eigenvalue weighted by Gasteiger charge is -2.34. The molecule has 35 heavy (non-hydrogen) atoms. The maximum Gasteiger partial charge on any atom is 0.261 e. The van der Waals surface area contributed by atoms with E-state index in [-0.39, 0.29) is 33.6 Å². The summed E-state index contributed by atoms with van der Waals surface area (Å²) in [5.74, 6) is 0.472. The van der Waals surface area contributed by atoms with Gasteiger partial charge in [0.15, 0.2) is 5.65 Å². The summed E-state index contributed by atoms with van der Waals surface area (Å²) in [7, 11) is 1.56. The van der Waals surface area contributed by atoms with E-state index in [2.05, 4.69) is 9.97 Å². The second-order valence-electron chi connectivity index (χ2n) is 8.33. The van der Waals surface area contributed by atoms with Crippen molar-refractivity contribution in [3.8, 4) is 17.1 Å². The Morgan fingerprint density at radius 1 is 1.20 bits per heavy atom. The van der Waals surface area contributed by atoms with Crippen molar-refractivity contribution in [1.82, 2.24) is 19.4 Å². The number of ether oxygens (including phenoxy) is 2. The van der Waals surface area contributed by atoms with Gasteiger partial charge in [-0.3, -0.25) is 9.20 Å². The summed E-state index contributed by atoms with van der Waals surface area (Å²) < 4.78 is 27.7. The molecule has 180 valence electrons. The number of morpholine rings is 1. The number of benzene rings is 1. The summed E-state index contributed by atoms with van der Waals surface area (Å²) >= 11 is 5.98. The molecule has 1 aliphatic heterocycles. The Hall–Kier alpha value is -3.56. The van der Waals surface area contributed by atoms with Crippen LogP contribution < -0.4 is 15.2 Å². The molecule has 0 radical (unpaired) electrons. The Morgan fingerprint density at radius 2 is 2.03 bits per heavy atom. The number of aryl methyl sites for hydroxylation is 1. The number of aromatic nitrogens is 4. The number of anilines is 1. The molecule has 3 aromatic heterocycles. The molecule has 5 rings (SSSR count). The van der Waals surface area contributed by atoms with Gasteiger partial charge in [-0.1, -0.05) is 11.6 Å². The lowest BCUT2D eigenvalue weighted by atomic mass is 10.1. The molecule has 0 aliphatic carbocycles. The van der Waals surface area contributed by atoms with Crippen LogP contribution in [0.1, 0.15) is 22.9 Å². The van der Waals surface area contributed by atoms with Crippen LogP contribution in [0.3, 0.4) is 0 Å². The number of hydrogen-bond donors (Lipinski definition) is 0. The Morgan fingerprint density at radius 3 is 2.80 bits per heavy atom. The van der Waals surface area contributed by atoms with Gasteiger partial charge in [-0.25, -0.2) is 19.3 Å². The first kappa shape index (κ1) is 23.2. The Balaban J connectivity index is 1.64. The van der Waals surface area contributed by atoms with Gasteiger partial charge >= 0.3 is 0 Å². The van der Waals surface area contributed by atoms with E-state index < -0.39 is 5.82 Å². The van der Waals surface area contributed by atoms with Crippen molar-refractivity contribution in [3.63, 3.8) is 0 Å². The van der Waals surface area contributed by atoms with Crippen LogP contribution >= 0.6 is 11.6 Å². The topological polar surface area (TPSA) is 81.9 Å². The highest BCUT2D eigenvalue weighted by atomic mass is 35.5. The largest absolute Gasteiger partial charge is 0.481 e. The van der Waals surface area contributed by atoms with Gasteiger partial charge in [0.2, 0.25) is 5.88 Å². The van der Waals surface area contributed by atoms with E-state index in [4.69, 9.17) is 26.1 Å². The van der Waals surface area contributed by atoms with E-state index in [0.717, 1.165) is 5.56 Å². The average Bonchev–Trinajstić information content (AvgIpc) is 2.87. The quantitative estimate of drug-likeness (QED) is 0.420. The number of hydrogen-bond acceptors (Lipinski definition) is 7. The Labute approximate surface area is 205 Å². The zero-order valence-electron chi connectivity index (χ0n) is 19.5. The molecule has 1 aromatic carbocycles. The predicted octanol–water partition coefficient (Wildman–Crippen LogP) is 4.15. The van der Waals surface area contributed by atoms with Crippen LogP contribution in [0, 0.1) is 19.7 Å². The smallest absolute Gasteiger partial charge is 0.261 e. The molecule has 0 spiro atoms. The van der Waals surface area contributed by atoms with Crippen molar-refractivity contribution in [2.75, 3.05) is 31.7 Å². The molecular formula is C25H23ClFN5O3. The summed E-state index contributed by atoms with van der Waals surface area (Å²) in [6, 6.07) is 8.07. The van der Waals surface area contributed by atoms with Crippen molar-refractivity contribution in [3.05, 3.63) is 80.7 Å². The first-order valence-corrected chi connectivity index (χ1v) is 11.5. The van der Waals surface area contributed by atoms with Gasteiger partial charge in [0.05, 0.1) is 19.9 Å². The summed E-state index contributed by atoms with van der Waals surface area (Å²) in [6.07, 6.45) is 3.07. The van der Waals surface area contributed by atoms with Crippen molar-refractivity contribution in [2.24, 2.45) is 0 Å². The molecular weight excluding hydrogens is 473 g/mol. The number of fused-ring (bicyclic) bond motifs is 1. The molecule has 1 fully saturated rings. The maximum absolute atomic E-state index is 15.0. The molecule has 1 atom stereocenters. The van der Waals surface area contributed by atoms with Crippen molar-refractivity contribution >= 4 is 23.1 Å².